The van der Waals surface area contributed by atoms with Crippen LogP contribution in [0.4, 0.5) is 4.39 Å². The van der Waals surface area contributed by atoms with Crippen molar-refractivity contribution in [1.29, 1.82) is 0 Å². The first-order valence-corrected chi connectivity index (χ1v) is 10.6. The fourth-order valence-corrected chi connectivity index (χ4v) is 4.25. The molecule has 1 saturated carbocycles. The van der Waals surface area contributed by atoms with Gasteiger partial charge >= 0.3 is 5.97 Å². The van der Waals surface area contributed by atoms with Gasteiger partial charge in [-0.1, -0.05) is 24.3 Å². The minimum Gasteiger partial charge on any atom is -0.486 e. The maximum absolute atomic E-state index is 14.8. The van der Waals surface area contributed by atoms with Crippen molar-refractivity contribution in [2.24, 2.45) is 17.1 Å². The van der Waals surface area contributed by atoms with E-state index in [4.69, 9.17) is 15.2 Å². The molecule has 4 rings (SSSR count). The van der Waals surface area contributed by atoms with E-state index in [-0.39, 0.29) is 25.4 Å². The Morgan fingerprint density at radius 3 is 2.69 bits per heavy atom. The second-order valence-electron chi connectivity index (χ2n) is 8.21. The maximum atomic E-state index is 14.8. The van der Waals surface area contributed by atoms with E-state index < -0.39 is 29.0 Å². The van der Waals surface area contributed by atoms with E-state index in [0.29, 0.717) is 12.0 Å². The van der Waals surface area contributed by atoms with Crippen LogP contribution in [0.1, 0.15) is 30.2 Å². The second kappa shape index (κ2) is 8.57. The molecule has 0 bridgehead atoms. The summed E-state index contributed by atoms with van der Waals surface area (Å²) in [6.45, 7) is 4.00. The second-order valence-corrected chi connectivity index (χ2v) is 8.21. The summed E-state index contributed by atoms with van der Waals surface area (Å²) in [5.74, 6) is -2.03. The lowest BCUT2D eigenvalue weighted by atomic mass is 9.93. The van der Waals surface area contributed by atoms with E-state index in [2.05, 4.69) is 4.98 Å². The molecule has 0 radical (unpaired) electrons. The molecule has 0 unspecified atom stereocenters. The van der Waals surface area contributed by atoms with E-state index in [0.717, 1.165) is 22.2 Å². The fraction of sp³-hybridized carbons (Fsp3) is 0.320. The molecule has 0 saturated heterocycles. The highest BCUT2D eigenvalue weighted by Gasteiger charge is 2.63. The number of pyridine rings is 1. The van der Waals surface area contributed by atoms with Gasteiger partial charge in [0.25, 0.3) is 0 Å². The molecule has 32 heavy (non-hydrogen) atoms. The molecule has 2 atom stereocenters. The maximum Gasteiger partial charge on any atom is 0.313 e. The summed E-state index contributed by atoms with van der Waals surface area (Å²) >= 11 is 0. The molecule has 1 aromatic heterocycles. The quantitative estimate of drug-likeness (QED) is 0.542. The summed E-state index contributed by atoms with van der Waals surface area (Å²) in [6, 6.07) is 14.2. The van der Waals surface area contributed by atoms with Crippen LogP contribution in [0, 0.1) is 24.1 Å². The standard InChI is InChI=1S/C25H25FN2O4/c1-3-31-24(30)25(13-19(25)23(27)29)12-16-8-9-22(20(26)11-16)32-14-17-10-15(2)28-21-7-5-4-6-18(17)21/h4-11,19H,3,12-14H2,1-2H3,(H2,27,29)/t19-,25+/m1/s1. The topological polar surface area (TPSA) is 91.5 Å². The molecule has 1 aliphatic carbocycles. The Kier molecular flexibility index (Phi) is 5.82. The van der Waals surface area contributed by atoms with Crippen LogP contribution in [-0.2, 0) is 27.4 Å². The van der Waals surface area contributed by atoms with Gasteiger partial charge in [0, 0.05) is 16.6 Å². The molecule has 6 nitrogen and oxygen atoms in total. The monoisotopic (exact) mass is 436 g/mol. The van der Waals surface area contributed by atoms with E-state index in [1.54, 1.807) is 19.1 Å². The Hall–Kier alpha value is -3.48. The highest BCUT2D eigenvalue weighted by molar-refractivity contribution is 5.93. The Balaban J connectivity index is 1.51. The van der Waals surface area contributed by atoms with Crippen LogP contribution >= 0.6 is 0 Å². The first kappa shape index (κ1) is 21.7. The van der Waals surface area contributed by atoms with Gasteiger partial charge in [0.2, 0.25) is 5.91 Å². The number of carbonyl (C=O) groups excluding carboxylic acids is 2. The predicted octanol–water partition coefficient (Wildman–Crippen LogP) is 3.86. The van der Waals surface area contributed by atoms with Gasteiger partial charge < -0.3 is 15.2 Å². The molecule has 1 fully saturated rings. The number of fused-ring (bicyclic) bond motifs is 1. The third-order valence-corrected chi connectivity index (χ3v) is 5.93. The van der Waals surface area contributed by atoms with Gasteiger partial charge in [-0.15, -0.1) is 0 Å². The third-order valence-electron chi connectivity index (χ3n) is 5.93. The number of benzene rings is 2. The number of carbonyl (C=O) groups is 2. The minimum atomic E-state index is -1.01. The Labute approximate surface area is 185 Å². The van der Waals surface area contributed by atoms with Crippen LogP contribution in [0.25, 0.3) is 10.9 Å². The third kappa shape index (κ3) is 4.15. The molecule has 3 aromatic rings. The zero-order valence-corrected chi connectivity index (χ0v) is 18.1. The number of amides is 1. The van der Waals surface area contributed by atoms with Gasteiger partial charge in [-0.05, 0) is 56.5 Å². The first-order valence-electron chi connectivity index (χ1n) is 10.6. The molecule has 166 valence electrons. The Bertz CT molecular complexity index is 1200. The van der Waals surface area contributed by atoms with Gasteiger partial charge in [-0.3, -0.25) is 14.6 Å². The number of nitrogens with two attached hydrogens (primary N) is 1. The number of hydrogen-bond acceptors (Lipinski definition) is 5. The van der Waals surface area contributed by atoms with E-state index in [9.17, 15) is 14.0 Å². The van der Waals surface area contributed by atoms with Crippen molar-refractivity contribution in [3.63, 3.8) is 0 Å². The van der Waals surface area contributed by atoms with Crippen molar-refractivity contribution in [2.45, 2.75) is 33.3 Å². The molecule has 0 aliphatic heterocycles. The molecule has 0 spiro atoms. The molecule has 1 amide bonds. The van der Waals surface area contributed by atoms with Gasteiger partial charge in [0.05, 0.1) is 23.5 Å². The predicted molar refractivity (Wildman–Crippen MR) is 117 cm³/mol. The number of halogens is 1. The van der Waals surface area contributed by atoms with Gasteiger partial charge in [0.15, 0.2) is 11.6 Å². The number of para-hydroxylation sites is 1. The summed E-state index contributed by atoms with van der Waals surface area (Å²) in [5.41, 5.74) is 7.62. The van der Waals surface area contributed by atoms with Crippen molar-refractivity contribution >= 4 is 22.8 Å². The molecule has 2 aromatic carbocycles. The van der Waals surface area contributed by atoms with E-state index in [1.807, 2.05) is 37.3 Å². The van der Waals surface area contributed by atoms with Crippen LogP contribution in [-0.4, -0.2) is 23.5 Å². The van der Waals surface area contributed by atoms with E-state index in [1.165, 1.54) is 6.07 Å². The molecule has 7 heteroatoms. The highest BCUT2D eigenvalue weighted by Crippen LogP contribution is 2.55. The summed E-state index contributed by atoms with van der Waals surface area (Å²) in [4.78, 5) is 28.6. The number of nitrogens with zero attached hydrogens (tertiary/aromatic N) is 1. The van der Waals surface area contributed by atoms with Crippen molar-refractivity contribution in [2.75, 3.05) is 6.61 Å². The van der Waals surface area contributed by atoms with Crippen LogP contribution in [0.2, 0.25) is 0 Å². The molecule has 1 heterocycles. The van der Waals surface area contributed by atoms with Crippen LogP contribution in [0.3, 0.4) is 0 Å². The first-order chi connectivity index (χ1) is 15.3. The number of rotatable bonds is 8. The largest absolute Gasteiger partial charge is 0.486 e. The summed E-state index contributed by atoms with van der Waals surface area (Å²) in [6.07, 6.45) is 0.500. The smallest absolute Gasteiger partial charge is 0.313 e. The average Bonchev–Trinajstić information content (AvgIpc) is 3.49. The molecular formula is C25H25FN2O4. The van der Waals surface area contributed by atoms with Gasteiger partial charge in [-0.25, -0.2) is 4.39 Å². The minimum absolute atomic E-state index is 0.111. The average molecular weight is 436 g/mol. The van der Waals surface area contributed by atoms with Crippen molar-refractivity contribution in [3.8, 4) is 5.75 Å². The normalized spacial score (nSPS) is 19.5. The Morgan fingerprint density at radius 2 is 2.00 bits per heavy atom. The van der Waals surface area contributed by atoms with E-state index >= 15 is 0 Å². The number of ether oxygens (including phenoxy) is 2. The van der Waals surface area contributed by atoms with Crippen molar-refractivity contribution in [3.05, 3.63) is 71.2 Å². The highest BCUT2D eigenvalue weighted by atomic mass is 19.1. The summed E-state index contributed by atoms with van der Waals surface area (Å²) in [5, 5.41) is 0.956. The number of hydrogen-bond donors (Lipinski definition) is 1. The molecular weight excluding hydrogens is 411 g/mol. The van der Waals surface area contributed by atoms with Gasteiger partial charge in [0.1, 0.15) is 6.61 Å². The van der Waals surface area contributed by atoms with Crippen LogP contribution in [0.15, 0.2) is 48.5 Å². The zero-order valence-electron chi connectivity index (χ0n) is 18.1. The van der Waals surface area contributed by atoms with Crippen LogP contribution in [0.5, 0.6) is 5.75 Å². The van der Waals surface area contributed by atoms with Crippen molar-refractivity contribution < 1.29 is 23.5 Å². The number of esters is 1. The van der Waals surface area contributed by atoms with Crippen LogP contribution < -0.4 is 10.5 Å². The summed E-state index contributed by atoms with van der Waals surface area (Å²) < 4.78 is 25.7. The fourth-order valence-electron chi connectivity index (χ4n) is 4.25. The molecule has 1 aliphatic rings. The molecule has 2 N–H and O–H groups in total. The number of aryl methyl sites for hydroxylation is 1. The number of primary amides is 1. The SMILES string of the molecule is CCOC(=O)[C@@]1(Cc2ccc(OCc3cc(C)nc4ccccc34)c(F)c2)C[C@@H]1C(N)=O. The summed E-state index contributed by atoms with van der Waals surface area (Å²) in [7, 11) is 0. The van der Waals surface area contributed by atoms with Crippen molar-refractivity contribution in [1.82, 2.24) is 4.98 Å². The Morgan fingerprint density at radius 1 is 1.22 bits per heavy atom. The lowest BCUT2D eigenvalue weighted by Gasteiger charge is -2.16. The lowest BCUT2D eigenvalue weighted by molar-refractivity contribution is -0.151. The lowest BCUT2D eigenvalue weighted by Crippen LogP contribution is -2.28. The number of aromatic nitrogens is 1. The zero-order chi connectivity index (χ0) is 22.9. The van der Waals surface area contributed by atoms with Gasteiger partial charge in [-0.2, -0.15) is 0 Å².